The molecule has 0 saturated heterocycles. The largest absolute Gasteiger partial charge is 0.390 e. The molecular weight excluding hydrogens is 245 g/mol. The van der Waals surface area contributed by atoms with E-state index >= 15 is 0 Å². The fourth-order valence-electron chi connectivity index (χ4n) is 2.80. The number of halogens is 3. The van der Waals surface area contributed by atoms with Crippen LogP contribution in [0.15, 0.2) is 0 Å². The Morgan fingerprint density at radius 1 is 1.22 bits per heavy atom. The predicted molar refractivity (Wildman–Crippen MR) is 63.3 cm³/mol. The first-order valence-corrected chi connectivity index (χ1v) is 6.71. The van der Waals surface area contributed by atoms with Crippen LogP contribution < -0.4 is 0 Å². The molecule has 1 N–H and O–H groups in total. The summed E-state index contributed by atoms with van der Waals surface area (Å²) in [4.78, 5) is 0. The van der Waals surface area contributed by atoms with E-state index in [1.165, 1.54) is 13.5 Å². The SMILES string of the molecule is COC(C(O)CCCC(F)(F)F)C1CCCCC1. The van der Waals surface area contributed by atoms with E-state index in [0.717, 1.165) is 25.7 Å². The molecule has 1 aliphatic carbocycles. The van der Waals surface area contributed by atoms with Gasteiger partial charge in [0.25, 0.3) is 0 Å². The van der Waals surface area contributed by atoms with Gasteiger partial charge in [0.2, 0.25) is 0 Å². The molecular formula is C13H23F3O2. The number of aliphatic hydroxyl groups is 1. The van der Waals surface area contributed by atoms with Crippen molar-refractivity contribution in [2.75, 3.05) is 7.11 Å². The second kappa shape index (κ2) is 7.34. The Labute approximate surface area is 107 Å². The van der Waals surface area contributed by atoms with Crippen LogP contribution in [0.4, 0.5) is 13.2 Å². The maximum atomic E-state index is 12.0. The third-order valence-corrected chi connectivity index (χ3v) is 3.73. The van der Waals surface area contributed by atoms with Crippen molar-refractivity contribution in [3.8, 4) is 0 Å². The minimum atomic E-state index is -4.13. The molecule has 1 fully saturated rings. The third kappa shape index (κ3) is 5.57. The van der Waals surface area contributed by atoms with E-state index in [1.807, 2.05) is 0 Å². The molecule has 0 amide bonds. The predicted octanol–water partition coefficient (Wildman–Crippen LogP) is 3.68. The Morgan fingerprint density at radius 3 is 2.33 bits per heavy atom. The first-order chi connectivity index (χ1) is 8.44. The minimum Gasteiger partial charge on any atom is -0.390 e. The summed E-state index contributed by atoms with van der Waals surface area (Å²) in [5, 5.41) is 9.97. The number of ether oxygens (including phenoxy) is 1. The van der Waals surface area contributed by atoms with E-state index in [2.05, 4.69) is 0 Å². The quantitative estimate of drug-likeness (QED) is 0.796. The van der Waals surface area contributed by atoms with Crippen molar-refractivity contribution in [1.82, 2.24) is 0 Å². The lowest BCUT2D eigenvalue weighted by Crippen LogP contribution is -2.36. The molecule has 5 heteroatoms. The van der Waals surface area contributed by atoms with E-state index in [9.17, 15) is 18.3 Å². The molecule has 1 saturated carbocycles. The number of hydrogen-bond donors (Lipinski definition) is 1. The van der Waals surface area contributed by atoms with Crippen LogP contribution in [0.5, 0.6) is 0 Å². The van der Waals surface area contributed by atoms with Crippen LogP contribution in [0.3, 0.4) is 0 Å². The summed E-state index contributed by atoms with van der Waals surface area (Å²) >= 11 is 0. The van der Waals surface area contributed by atoms with Crippen LogP contribution in [0, 0.1) is 5.92 Å². The summed E-state index contributed by atoms with van der Waals surface area (Å²) in [5.41, 5.74) is 0. The van der Waals surface area contributed by atoms with Gasteiger partial charge in [-0.2, -0.15) is 13.2 Å². The number of rotatable bonds is 6. The molecule has 2 unspecified atom stereocenters. The maximum Gasteiger partial charge on any atom is 0.389 e. The van der Waals surface area contributed by atoms with Crippen molar-refractivity contribution in [2.24, 2.45) is 5.92 Å². The standard InChI is InChI=1S/C13H23F3O2/c1-18-12(10-6-3-2-4-7-10)11(17)8-5-9-13(14,15)16/h10-12,17H,2-9H2,1H3. The number of hydrogen-bond acceptors (Lipinski definition) is 2. The van der Waals surface area contributed by atoms with E-state index in [4.69, 9.17) is 4.74 Å². The second-order valence-corrected chi connectivity index (χ2v) is 5.17. The van der Waals surface area contributed by atoms with Crippen molar-refractivity contribution in [3.63, 3.8) is 0 Å². The first-order valence-electron chi connectivity index (χ1n) is 6.71. The van der Waals surface area contributed by atoms with Crippen molar-refractivity contribution >= 4 is 0 Å². The Kier molecular flexibility index (Phi) is 6.43. The monoisotopic (exact) mass is 268 g/mol. The second-order valence-electron chi connectivity index (χ2n) is 5.17. The summed E-state index contributed by atoms with van der Waals surface area (Å²) in [6.45, 7) is 0. The number of methoxy groups -OCH3 is 1. The summed E-state index contributed by atoms with van der Waals surface area (Å²) in [6.07, 6.45) is -0.441. The van der Waals surface area contributed by atoms with Crippen LogP contribution in [0.1, 0.15) is 51.4 Å². The van der Waals surface area contributed by atoms with E-state index in [-0.39, 0.29) is 18.9 Å². The van der Waals surface area contributed by atoms with Crippen molar-refractivity contribution in [1.29, 1.82) is 0 Å². The zero-order valence-electron chi connectivity index (χ0n) is 10.9. The molecule has 1 rings (SSSR count). The summed E-state index contributed by atoms with van der Waals surface area (Å²) < 4.78 is 41.4. The number of aliphatic hydroxyl groups excluding tert-OH is 1. The summed E-state index contributed by atoms with van der Waals surface area (Å²) in [7, 11) is 1.53. The topological polar surface area (TPSA) is 29.5 Å². The van der Waals surface area contributed by atoms with Gasteiger partial charge in [-0.15, -0.1) is 0 Å². The average molecular weight is 268 g/mol. The van der Waals surface area contributed by atoms with E-state index in [0.29, 0.717) is 5.92 Å². The van der Waals surface area contributed by atoms with E-state index in [1.54, 1.807) is 0 Å². The highest BCUT2D eigenvalue weighted by atomic mass is 19.4. The Balaban J connectivity index is 2.34. The molecule has 2 nitrogen and oxygen atoms in total. The molecule has 0 aromatic carbocycles. The maximum absolute atomic E-state index is 12.0. The highest BCUT2D eigenvalue weighted by Gasteiger charge is 2.31. The molecule has 0 bridgehead atoms. The van der Waals surface area contributed by atoms with Gasteiger partial charge < -0.3 is 9.84 Å². The van der Waals surface area contributed by atoms with Crippen molar-refractivity contribution in [3.05, 3.63) is 0 Å². The van der Waals surface area contributed by atoms with Gasteiger partial charge in [-0.3, -0.25) is 0 Å². The van der Waals surface area contributed by atoms with E-state index < -0.39 is 18.7 Å². The fraction of sp³-hybridized carbons (Fsp3) is 1.00. The van der Waals surface area contributed by atoms with Gasteiger partial charge in [-0.25, -0.2) is 0 Å². The molecule has 18 heavy (non-hydrogen) atoms. The molecule has 1 aliphatic rings. The van der Waals surface area contributed by atoms with Gasteiger partial charge in [-0.1, -0.05) is 19.3 Å². The molecule has 2 atom stereocenters. The Bertz CT molecular complexity index is 225. The van der Waals surface area contributed by atoms with Crippen molar-refractivity contribution in [2.45, 2.75) is 69.8 Å². The average Bonchev–Trinajstić information content (AvgIpc) is 2.29. The fourth-order valence-corrected chi connectivity index (χ4v) is 2.80. The lowest BCUT2D eigenvalue weighted by Gasteiger charge is -2.32. The molecule has 0 aromatic heterocycles. The molecule has 0 heterocycles. The van der Waals surface area contributed by atoms with Crippen LogP contribution in [0.2, 0.25) is 0 Å². The number of alkyl halides is 3. The normalized spacial score (nSPS) is 21.8. The molecule has 0 radical (unpaired) electrons. The van der Waals surface area contributed by atoms with Gasteiger partial charge in [0.15, 0.2) is 0 Å². The van der Waals surface area contributed by atoms with Gasteiger partial charge in [0.05, 0.1) is 12.2 Å². The molecule has 0 spiro atoms. The third-order valence-electron chi connectivity index (χ3n) is 3.73. The zero-order chi connectivity index (χ0) is 13.6. The summed E-state index contributed by atoms with van der Waals surface area (Å²) in [6, 6.07) is 0. The van der Waals surface area contributed by atoms with Gasteiger partial charge in [-0.05, 0) is 31.6 Å². The van der Waals surface area contributed by atoms with Crippen LogP contribution in [-0.4, -0.2) is 30.6 Å². The van der Waals surface area contributed by atoms with Crippen LogP contribution >= 0.6 is 0 Å². The molecule has 0 aromatic rings. The lowest BCUT2D eigenvalue weighted by molar-refractivity contribution is -0.138. The Hall–Kier alpha value is -0.290. The molecule has 108 valence electrons. The minimum absolute atomic E-state index is 0.0305. The lowest BCUT2D eigenvalue weighted by atomic mass is 9.82. The van der Waals surface area contributed by atoms with Crippen molar-refractivity contribution < 1.29 is 23.0 Å². The Morgan fingerprint density at radius 2 is 1.83 bits per heavy atom. The molecule has 0 aliphatic heterocycles. The van der Waals surface area contributed by atoms with Gasteiger partial charge >= 0.3 is 6.18 Å². The van der Waals surface area contributed by atoms with Gasteiger partial charge in [0, 0.05) is 13.5 Å². The highest BCUT2D eigenvalue weighted by Crippen LogP contribution is 2.31. The summed E-state index contributed by atoms with van der Waals surface area (Å²) in [5.74, 6) is 0.296. The van der Waals surface area contributed by atoms with Gasteiger partial charge in [0.1, 0.15) is 0 Å². The first kappa shape index (κ1) is 15.8. The van der Waals surface area contributed by atoms with Crippen LogP contribution in [0.25, 0.3) is 0 Å². The zero-order valence-corrected chi connectivity index (χ0v) is 10.9. The van der Waals surface area contributed by atoms with Crippen LogP contribution in [-0.2, 0) is 4.74 Å². The highest BCUT2D eigenvalue weighted by molar-refractivity contribution is 4.80. The smallest absolute Gasteiger partial charge is 0.389 e.